The zero-order chi connectivity index (χ0) is 14.4. The Bertz CT molecular complexity index is 464. The number of nitrogens with one attached hydrogen (secondary N) is 2. The van der Waals surface area contributed by atoms with Crippen LogP contribution in [0.25, 0.3) is 0 Å². The van der Waals surface area contributed by atoms with Gasteiger partial charge in [-0.25, -0.2) is 4.39 Å². The van der Waals surface area contributed by atoms with Gasteiger partial charge in [0.15, 0.2) is 0 Å². The fraction of sp³-hybridized carbons (Fsp3) is 0.500. The average molecular weight is 300 g/mol. The van der Waals surface area contributed by atoms with Gasteiger partial charge in [0.25, 0.3) is 5.91 Å². The number of nitrogens with zero attached hydrogens (tertiary/aromatic N) is 1. The molecule has 1 amide bonds. The number of carbonyl (C=O) groups is 1. The van der Waals surface area contributed by atoms with E-state index in [1.54, 1.807) is 0 Å². The van der Waals surface area contributed by atoms with Crippen LogP contribution < -0.4 is 10.6 Å². The van der Waals surface area contributed by atoms with Crippen LogP contribution in [0.1, 0.15) is 16.8 Å². The van der Waals surface area contributed by atoms with Gasteiger partial charge >= 0.3 is 0 Å². The van der Waals surface area contributed by atoms with E-state index in [2.05, 4.69) is 15.5 Å². The Kier molecular flexibility index (Phi) is 5.76. The molecule has 1 aromatic carbocycles. The van der Waals surface area contributed by atoms with Crippen molar-refractivity contribution in [3.05, 3.63) is 34.6 Å². The Morgan fingerprint density at radius 2 is 2.15 bits per heavy atom. The van der Waals surface area contributed by atoms with Gasteiger partial charge in [0.05, 0.1) is 10.6 Å². The highest BCUT2D eigenvalue weighted by Crippen LogP contribution is 2.19. The lowest BCUT2D eigenvalue weighted by Crippen LogP contribution is -2.44. The van der Waals surface area contributed by atoms with Crippen LogP contribution in [0.5, 0.6) is 0 Å². The van der Waals surface area contributed by atoms with Crippen LogP contribution in [0.2, 0.25) is 5.02 Å². The van der Waals surface area contributed by atoms with Crippen molar-refractivity contribution in [2.75, 3.05) is 39.3 Å². The molecule has 0 saturated carbocycles. The fourth-order valence-corrected chi connectivity index (χ4v) is 2.43. The number of halogens is 2. The summed E-state index contributed by atoms with van der Waals surface area (Å²) in [6.07, 6.45) is 0.874. The molecule has 1 aliphatic heterocycles. The molecule has 0 aliphatic carbocycles. The molecule has 1 saturated heterocycles. The predicted molar refractivity (Wildman–Crippen MR) is 77.7 cm³/mol. The summed E-state index contributed by atoms with van der Waals surface area (Å²) in [6.45, 7) is 5.65. The lowest BCUT2D eigenvalue weighted by atomic mass is 10.2. The van der Waals surface area contributed by atoms with Gasteiger partial charge in [-0.2, -0.15) is 0 Å². The molecule has 2 rings (SSSR count). The van der Waals surface area contributed by atoms with E-state index in [0.717, 1.165) is 39.1 Å². The smallest absolute Gasteiger partial charge is 0.252 e. The second-order valence-corrected chi connectivity index (χ2v) is 5.18. The van der Waals surface area contributed by atoms with Crippen LogP contribution in [0.3, 0.4) is 0 Å². The van der Waals surface area contributed by atoms with E-state index in [9.17, 15) is 9.18 Å². The van der Waals surface area contributed by atoms with Crippen molar-refractivity contribution >= 4 is 17.5 Å². The number of amides is 1. The molecular weight excluding hydrogens is 281 g/mol. The van der Waals surface area contributed by atoms with Gasteiger partial charge in [-0.05, 0) is 25.1 Å². The van der Waals surface area contributed by atoms with Crippen molar-refractivity contribution in [2.45, 2.75) is 6.42 Å². The standard InChI is InChI=1S/C14H19ClFN3O/c15-13-11(3-1-4-12(13)16)14(20)18-5-2-8-19-9-6-17-7-10-19/h1,3-4,17H,2,5-10H2,(H,18,20). The Labute approximate surface area is 123 Å². The predicted octanol–water partition coefficient (Wildman–Crippen LogP) is 1.50. The second kappa shape index (κ2) is 7.57. The molecule has 1 aliphatic rings. The summed E-state index contributed by atoms with van der Waals surface area (Å²) in [5.74, 6) is -0.894. The highest BCUT2D eigenvalue weighted by molar-refractivity contribution is 6.34. The van der Waals surface area contributed by atoms with Crippen molar-refractivity contribution in [3.63, 3.8) is 0 Å². The molecule has 0 bridgehead atoms. The first-order valence-corrected chi connectivity index (χ1v) is 7.21. The minimum atomic E-state index is -0.569. The van der Waals surface area contributed by atoms with Crippen LogP contribution in [0.4, 0.5) is 4.39 Å². The molecule has 1 fully saturated rings. The number of hydrogen-bond acceptors (Lipinski definition) is 3. The van der Waals surface area contributed by atoms with E-state index in [1.165, 1.54) is 18.2 Å². The maximum absolute atomic E-state index is 13.2. The summed E-state index contributed by atoms with van der Waals surface area (Å²) in [4.78, 5) is 14.2. The summed E-state index contributed by atoms with van der Waals surface area (Å²) in [6, 6.07) is 4.25. The summed E-state index contributed by atoms with van der Waals surface area (Å²) in [5, 5.41) is 5.95. The Hall–Kier alpha value is -1.17. The first-order chi connectivity index (χ1) is 9.68. The van der Waals surface area contributed by atoms with E-state index in [1.807, 2.05) is 0 Å². The molecule has 4 nitrogen and oxygen atoms in total. The Morgan fingerprint density at radius 1 is 1.40 bits per heavy atom. The van der Waals surface area contributed by atoms with Crippen molar-refractivity contribution in [1.82, 2.24) is 15.5 Å². The normalized spacial score (nSPS) is 16.1. The van der Waals surface area contributed by atoms with Gasteiger partial charge in [-0.1, -0.05) is 17.7 Å². The van der Waals surface area contributed by atoms with Gasteiger partial charge in [-0.3, -0.25) is 4.79 Å². The van der Waals surface area contributed by atoms with Crippen LogP contribution in [-0.4, -0.2) is 50.1 Å². The molecule has 6 heteroatoms. The van der Waals surface area contributed by atoms with E-state index in [0.29, 0.717) is 6.54 Å². The van der Waals surface area contributed by atoms with Crippen LogP contribution >= 0.6 is 11.6 Å². The lowest BCUT2D eigenvalue weighted by molar-refractivity contribution is 0.0951. The first-order valence-electron chi connectivity index (χ1n) is 6.84. The fourth-order valence-electron chi connectivity index (χ4n) is 2.21. The minimum absolute atomic E-state index is 0.118. The highest BCUT2D eigenvalue weighted by Gasteiger charge is 2.13. The molecule has 0 atom stereocenters. The van der Waals surface area contributed by atoms with E-state index in [4.69, 9.17) is 11.6 Å². The van der Waals surface area contributed by atoms with Gasteiger partial charge in [0.1, 0.15) is 5.82 Å². The van der Waals surface area contributed by atoms with E-state index in [-0.39, 0.29) is 16.5 Å². The van der Waals surface area contributed by atoms with Gasteiger partial charge in [0.2, 0.25) is 0 Å². The summed E-state index contributed by atoms with van der Waals surface area (Å²) in [7, 11) is 0. The SMILES string of the molecule is O=C(NCCCN1CCNCC1)c1cccc(F)c1Cl. The molecule has 1 aromatic rings. The molecule has 20 heavy (non-hydrogen) atoms. The monoisotopic (exact) mass is 299 g/mol. The van der Waals surface area contributed by atoms with Crippen molar-refractivity contribution in [3.8, 4) is 0 Å². The van der Waals surface area contributed by atoms with Crippen LogP contribution in [0, 0.1) is 5.82 Å². The highest BCUT2D eigenvalue weighted by atomic mass is 35.5. The summed E-state index contributed by atoms with van der Waals surface area (Å²) in [5.41, 5.74) is 0.189. The van der Waals surface area contributed by atoms with Gasteiger partial charge in [-0.15, -0.1) is 0 Å². The number of rotatable bonds is 5. The molecule has 1 heterocycles. The lowest BCUT2D eigenvalue weighted by Gasteiger charge is -2.27. The first kappa shape index (κ1) is 15.2. The number of piperazine rings is 1. The van der Waals surface area contributed by atoms with Crippen molar-refractivity contribution < 1.29 is 9.18 Å². The number of hydrogen-bond donors (Lipinski definition) is 2. The number of carbonyl (C=O) groups excluding carboxylic acids is 1. The third-order valence-corrected chi connectivity index (χ3v) is 3.73. The molecule has 2 N–H and O–H groups in total. The third kappa shape index (κ3) is 4.16. The maximum atomic E-state index is 13.2. The zero-order valence-corrected chi connectivity index (χ0v) is 12.0. The topological polar surface area (TPSA) is 44.4 Å². The summed E-state index contributed by atoms with van der Waals surface area (Å²) < 4.78 is 13.2. The summed E-state index contributed by atoms with van der Waals surface area (Å²) >= 11 is 5.77. The second-order valence-electron chi connectivity index (χ2n) is 4.80. The molecule has 110 valence electrons. The Balaban J connectivity index is 1.73. The molecular formula is C14H19ClFN3O. The minimum Gasteiger partial charge on any atom is -0.352 e. The van der Waals surface area contributed by atoms with Crippen LogP contribution in [0.15, 0.2) is 18.2 Å². The van der Waals surface area contributed by atoms with E-state index >= 15 is 0 Å². The van der Waals surface area contributed by atoms with Crippen LogP contribution in [-0.2, 0) is 0 Å². The van der Waals surface area contributed by atoms with Crippen molar-refractivity contribution in [1.29, 1.82) is 0 Å². The Morgan fingerprint density at radius 3 is 2.90 bits per heavy atom. The maximum Gasteiger partial charge on any atom is 0.252 e. The van der Waals surface area contributed by atoms with Crippen molar-refractivity contribution in [2.24, 2.45) is 0 Å². The van der Waals surface area contributed by atoms with Gasteiger partial charge in [0, 0.05) is 32.7 Å². The average Bonchev–Trinajstić information content (AvgIpc) is 2.47. The largest absolute Gasteiger partial charge is 0.352 e. The molecule has 0 radical (unpaired) electrons. The molecule has 0 spiro atoms. The van der Waals surface area contributed by atoms with Gasteiger partial charge < -0.3 is 15.5 Å². The van der Waals surface area contributed by atoms with E-state index < -0.39 is 5.82 Å². The molecule has 0 aromatic heterocycles. The quantitative estimate of drug-likeness (QED) is 0.810. The zero-order valence-electron chi connectivity index (χ0n) is 11.3. The third-order valence-electron chi connectivity index (χ3n) is 3.34. The molecule has 0 unspecified atom stereocenters. The number of benzene rings is 1.